The summed E-state index contributed by atoms with van der Waals surface area (Å²) in [4.78, 5) is 0. The van der Waals surface area contributed by atoms with Crippen LogP contribution in [0, 0.1) is 0 Å². The lowest BCUT2D eigenvalue weighted by Gasteiger charge is -2.10. The van der Waals surface area contributed by atoms with E-state index in [9.17, 15) is 0 Å². The highest BCUT2D eigenvalue weighted by Gasteiger charge is 2.07. The van der Waals surface area contributed by atoms with Gasteiger partial charge in [-0.05, 0) is 6.92 Å². The van der Waals surface area contributed by atoms with Gasteiger partial charge < -0.3 is 15.9 Å². The first-order valence-corrected chi connectivity index (χ1v) is 2.89. The second-order valence-corrected chi connectivity index (χ2v) is 1.86. The Morgan fingerprint density at radius 1 is 1.67 bits per heavy atom. The predicted octanol–water partition coefficient (Wildman–Crippen LogP) is -0.757. The molecule has 54 valence electrons. The summed E-state index contributed by atoms with van der Waals surface area (Å²) in [6.07, 6.45) is 2.51. The van der Waals surface area contributed by atoms with Crippen molar-refractivity contribution in [1.82, 2.24) is 0 Å². The van der Waals surface area contributed by atoms with Crippen molar-refractivity contribution in [3.05, 3.63) is 12.2 Å². The number of hydrogen-bond acceptors (Lipinski definition) is 3. The standard InChI is InChI=1S/C6H13NO2/c1-2-3-6(9)5(7)4-8/h2-3,5-6,8-9H,4,7H2,1H3/b3-2+/t5-,6?/m0/s1. The Kier molecular flexibility index (Phi) is 4.30. The first kappa shape index (κ1) is 8.62. The Bertz CT molecular complexity index is 93.1. The van der Waals surface area contributed by atoms with Crippen LogP contribution in [0.3, 0.4) is 0 Å². The smallest absolute Gasteiger partial charge is 0.0894 e. The van der Waals surface area contributed by atoms with Gasteiger partial charge in [0.05, 0.1) is 18.8 Å². The van der Waals surface area contributed by atoms with Crippen molar-refractivity contribution < 1.29 is 10.2 Å². The summed E-state index contributed by atoms with van der Waals surface area (Å²) in [6.45, 7) is 1.60. The van der Waals surface area contributed by atoms with Gasteiger partial charge in [-0.1, -0.05) is 12.2 Å². The van der Waals surface area contributed by atoms with Gasteiger partial charge in [0.25, 0.3) is 0 Å². The summed E-state index contributed by atoms with van der Waals surface area (Å²) in [5, 5.41) is 17.4. The lowest BCUT2D eigenvalue weighted by Crippen LogP contribution is -2.36. The number of nitrogens with two attached hydrogens (primary N) is 1. The number of hydrogen-bond donors (Lipinski definition) is 3. The third-order valence-electron chi connectivity index (χ3n) is 1.04. The maximum absolute atomic E-state index is 8.95. The number of aliphatic hydroxyl groups is 2. The average Bonchev–Trinajstić information content (AvgIpc) is 1.87. The Balaban J connectivity index is 3.58. The summed E-state index contributed by atoms with van der Waals surface area (Å²) >= 11 is 0. The van der Waals surface area contributed by atoms with Crippen molar-refractivity contribution in [3.8, 4) is 0 Å². The van der Waals surface area contributed by atoms with E-state index in [4.69, 9.17) is 15.9 Å². The molecule has 0 saturated heterocycles. The molecule has 0 spiro atoms. The highest BCUT2D eigenvalue weighted by atomic mass is 16.3. The van der Waals surface area contributed by atoms with Gasteiger partial charge >= 0.3 is 0 Å². The Labute approximate surface area is 54.8 Å². The molecule has 0 rings (SSSR count). The molecule has 2 atom stereocenters. The minimum absolute atomic E-state index is 0.189. The third kappa shape index (κ3) is 3.24. The van der Waals surface area contributed by atoms with E-state index in [0.29, 0.717) is 0 Å². The molecule has 0 amide bonds. The lowest BCUT2D eigenvalue weighted by atomic mass is 10.2. The summed E-state index contributed by atoms with van der Waals surface area (Å²) in [5.74, 6) is 0. The maximum Gasteiger partial charge on any atom is 0.0894 e. The minimum Gasteiger partial charge on any atom is -0.395 e. The summed E-state index contributed by atoms with van der Waals surface area (Å²) in [7, 11) is 0. The van der Waals surface area contributed by atoms with E-state index in [1.54, 1.807) is 19.1 Å². The highest BCUT2D eigenvalue weighted by Crippen LogP contribution is 1.90. The van der Waals surface area contributed by atoms with Crippen LogP contribution in [0.15, 0.2) is 12.2 Å². The van der Waals surface area contributed by atoms with Gasteiger partial charge in [-0.15, -0.1) is 0 Å². The molecule has 0 aromatic carbocycles. The van der Waals surface area contributed by atoms with Crippen molar-refractivity contribution in [2.75, 3.05) is 6.61 Å². The summed E-state index contributed by atoms with van der Waals surface area (Å²) in [5.41, 5.74) is 5.25. The molecule has 0 aliphatic carbocycles. The second-order valence-electron chi connectivity index (χ2n) is 1.86. The molecule has 3 heteroatoms. The maximum atomic E-state index is 8.95. The van der Waals surface area contributed by atoms with E-state index in [-0.39, 0.29) is 6.61 Å². The van der Waals surface area contributed by atoms with E-state index in [1.807, 2.05) is 0 Å². The molecule has 0 aromatic heterocycles. The minimum atomic E-state index is -0.722. The summed E-state index contributed by atoms with van der Waals surface area (Å²) < 4.78 is 0. The molecule has 1 unspecified atom stereocenters. The van der Waals surface area contributed by atoms with Gasteiger partial charge in [0, 0.05) is 0 Å². The van der Waals surface area contributed by atoms with Crippen LogP contribution in [0.1, 0.15) is 6.92 Å². The topological polar surface area (TPSA) is 66.5 Å². The van der Waals surface area contributed by atoms with E-state index < -0.39 is 12.1 Å². The molecule has 0 radical (unpaired) electrons. The van der Waals surface area contributed by atoms with Gasteiger partial charge in [0.15, 0.2) is 0 Å². The van der Waals surface area contributed by atoms with Crippen LogP contribution in [-0.4, -0.2) is 29.0 Å². The van der Waals surface area contributed by atoms with Crippen molar-refractivity contribution in [1.29, 1.82) is 0 Å². The SMILES string of the molecule is C/C=C/C(O)[C@@H](N)CO. The van der Waals surface area contributed by atoms with Gasteiger partial charge in [-0.3, -0.25) is 0 Å². The first-order valence-electron chi connectivity index (χ1n) is 2.89. The van der Waals surface area contributed by atoms with Crippen LogP contribution in [-0.2, 0) is 0 Å². The van der Waals surface area contributed by atoms with E-state index in [1.165, 1.54) is 0 Å². The average molecular weight is 131 g/mol. The lowest BCUT2D eigenvalue weighted by molar-refractivity contribution is 0.144. The largest absolute Gasteiger partial charge is 0.395 e. The van der Waals surface area contributed by atoms with Gasteiger partial charge in [-0.25, -0.2) is 0 Å². The molecule has 0 heterocycles. The molecule has 4 N–H and O–H groups in total. The summed E-state index contributed by atoms with van der Waals surface area (Å²) in [6, 6.07) is -0.554. The van der Waals surface area contributed by atoms with Crippen molar-refractivity contribution >= 4 is 0 Å². The number of aliphatic hydroxyl groups excluding tert-OH is 2. The van der Waals surface area contributed by atoms with Crippen molar-refractivity contribution in [2.24, 2.45) is 5.73 Å². The Morgan fingerprint density at radius 3 is 2.56 bits per heavy atom. The van der Waals surface area contributed by atoms with E-state index in [2.05, 4.69) is 0 Å². The fraction of sp³-hybridized carbons (Fsp3) is 0.667. The van der Waals surface area contributed by atoms with Gasteiger partial charge in [0.2, 0.25) is 0 Å². The molecule has 0 bridgehead atoms. The van der Waals surface area contributed by atoms with Crippen molar-refractivity contribution in [2.45, 2.75) is 19.1 Å². The zero-order valence-corrected chi connectivity index (χ0v) is 5.49. The molecule has 0 aliphatic heterocycles. The van der Waals surface area contributed by atoms with Crippen molar-refractivity contribution in [3.63, 3.8) is 0 Å². The zero-order chi connectivity index (χ0) is 7.28. The molecule has 3 nitrogen and oxygen atoms in total. The van der Waals surface area contributed by atoms with E-state index in [0.717, 1.165) is 0 Å². The Hall–Kier alpha value is -0.380. The van der Waals surface area contributed by atoms with Crippen LogP contribution >= 0.6 is 0 Å². The van der Waals surface area contributed by atoms with Crippen LogP contribution in [0.2, 0.25) is 0 Å². The monoisotopic (exact) mass is 131 g/mol. The van der Waals surface area contributed by atoms with Gasteiger partial charge in [-0.2, -0.15) is 0 Å². The first-order chi connectivity index (χ1) is 4.22. The van der Waals surface area contributed by atoms with Crippen LogP contribution < -0.4 is 5.73 Å². The van der Waals surface area contributed by atoms with Crippen LogP contribution in [0.25, 0.3) is 0 Å². The zero-order valence-electron chi connectivity index (χ0n) is 5.49. The van der Waals surface area contributed by atoms with Crippen LogP contribution in [0.5, 0.6) is 0 Å². The molecule has 0 aliphatic rings. The second kappa shape index (κ2) is 4.49. The number of rotatable bonds is 3. The molecule has 9 heavy (non-hydrogen) atoms. The molecular formula is C6H13NO2. The third-order valence-corrected chi connectivity index (χ3v) is 1.04. The van der Waals surface area contributed by atoms with Crippen LogP contribution in [0.4, 0.5) is 0 Å². The predicted molar refractivity (Wildman–Crippen MR) is 35.9 cm³/mol. The molecule has 0 aromatic rings. The fourth-order valence-corrected chi connectivity index (χ4v) is 0.448. The molecule has 0 saturated carbocycles. The normalized spacial score (nSPS) is 18.2. The molecule has 0 fully saturated rings. The fourth-order valence-electron chi connectivity index (χ4n) is 0.448. The highest BCUT2D eigenvalue weighted by molar-refractivity contribution is 4.91. The quantitative estimate of drug-likeness (QED) is 0.441. The number of allylic oxidation sites excluding steroid dienone is 1. The van der Waals surface area contributed by atoms with Gasteiger partial charge in [0.1, 0.15) is 0 Å². The Morgan fingerprint density at radius 2 is 2.22 bits per heavy atom. The molecular weight excluding hydrogens is 118 g/mol. The van der Waals surface area contributed by atoms with E-state index >= 15 is 0 Å².